The average molecular weight is 310 g/mol. The standard InChI is InChI=1S/C19H18O4/c1-13-15-10-6-7-11-16(15)23-12-19(21,17(13)18(20)22-2)14-8-4-3-5-9-14/h3-11,21H,12H2,1-2H3. The van der Waals surface area contributed by atoms with E-state index in [1.807, 2.05) is 42.5 Å². The summed E-state index contributed by atoms with van der Waals surface area (Å²) in [5, 5.41) is 11.3. The fourth-order valence-corrected chi connectivity index (χ4v) is 2.97. The summed E-state index contributed by atoms with van der Waals surface area (Å²) >= 11 is 0. The lowest BCUT2D eigenvalue weighted by Gasteiger charge is -2.29. The summed E-state index contributed by atoms with van der Waals surface area (Å²) in [6.07, 6.45) is 0. The molecule has 4 nitrogen and oxygen atoms in total. The Morgan fingerprint density at radius 3 is 2.48 bits per heavy atom. The number of aliphatic hydroxyl groups is 1. The van der Waals surface area contributed by atoms with Crippen molar-refractivity contribution in [1.29, 1.82) is 0 Å². The van der Waals surface area contributed by atoms with Crippen LogP contribution in [-0.4, -0.2) is 24.8 Å². The van der Waals surface area contributed by atoms with E-state index in [1.54, 1.807) is 19.1 Å². The predicted octanol–water partition coefficient (Wildman–Crippen LogP) is 2.91. The van der Waals surface area contributed by atoms with Crippen molar-refractivity contribution in [2.75, 3.05) is 13.7 Å². The molecule has 118 valence electrons. The molecule has 1 heterocycles. The van der Waals surface area contributed by atoms with Crippen LogP contribution in [0.5, 0.6) is 5.75 Å². The molecule has 1 aliphatic rings. The van der Waals surface area contributed by atoms with Crippen LogP contribution in [0.4, 0.5) is 0 Å². The molecule has 0 aliphatic carbocycles. The number of carbonyl (C=O) groups is 1. The highest BCUT2D eigenvalue weighted by Crippen LogP contribution is 2.41. The third-order valence-electron chi connectivity index (χ3n) is 4.16. The van der Waals surface area contributed by atoms with Crippen molar-refractivity contribution in [3.05, 3.63) is 71.3 Å². The molecular formula is C19H18O4. The summed E-state index contributed by atoms with van der Waals surface area (Å²) in [6, 6.07) is 16.4. The average Bonchev–Trinajstić information content (AvgIpc) is 2.71. The van der Waals surface area contributed by atoms with E-state index in [0.717, 1.165) is 5.56 Å². The summed E-state index contributed by atoms with van der Waals surface area (Å²) in [5.41, 5.74) is 0.650. The summed E-state index contributed by atoms with van der Waals surface area (Å²) in [7, 11) is 1.31. The molecule has 2 aromatic rings. The Balaban J connectivity index is 2.26. The van der Waals surface area contributed by atoms with Crippen LogP contribution in [0, 0.1) is 0 Å². The van der Waals surface area contributed by atoms with Crippen molar-refractivity contribution in [2.45, 2.75) is 12.5 Å². The Hall–Kier alpha value is -2.59. The van der Waals surface area contributed by atoms with Gasteiger partial charge < -0.3 is 14.6 Å². The number of methoxy groups -OCH3 is 1. The largest absolute Gasteiger partial charge is 0.489 e. The van der Waals surface area contributed by atoms with Crippen LogP contribution in [0.1, 0.15) is 18.1 Å². The normalized spacial score (nSPS) is 20.3. The number of hydrogen-bond donors (Lipinski definition) is 1. The van der Waals surface area contributed by atoms with E-state index in [0.29, 0.717) is 16.9 Å². The van der Waals surface area contributed by atoms with Gasteiger partial charge in [0.15, 0.2) is 5.60 Å². The monoisotopic (exact) mass is 310 g/mol. The lowest BCUT2D eigenvalue weighted by Crippen LogP contribution is -2.38. The quantitative estimate of drug-likeness (QED) is 0.867. The lowest BCUT2D eigenvalue weighted by atomic mass is 9.83. The molecule has 2 aromatic carbocycles. The fourth-order valence-electron chi connectivity index (χ4n) is 2.97. The zero-order chi connectivity index (χ0) is 16.4. The third kappa shape index (κ3) is 2.51. The number of allylic oxidation sites excluding steroid dienone is 1. The maximum atomic E-state index is 12.4. The number of carbonyl (C=O) groups excluding carboxylic acids is 1. The molecule has 1 unspecified atom stereocenters. The van der Waals surface area contributed by atoms with Crippen molar-refractivity contribution in [3.63, 3.8) is 0 Å². The molecule has 0 radical (unpaired) electrons. The summed E-state index contributed by atoms with van der Waals surface area (Å²) < 4.78 is 10.7. The van der Waals surface area contributed by atoms with Crippen molar-refractivity contribution in [3.8, 4) is 5.75 Å². The molecule has 1 N–H and O–H groups in total. The van der Waals surface area contributed by atoms with Crippen LogP contribution >= 0.6 is 0 Å². The van der Waals surface area contributed by atoms with E-state index in [4.69, 9.17) is 9.47 Å². The first-order chi connectivity index (χ1) is 11.1. The molecule has 0 amide bonds. The van der Waals surface area contributed by atoms with Gasteiger partial charge in [-0.25, -0.2) is 4.79 Å². The maximum Gasteiger partial charge on any atom is 0.337 e. The van der Waals surface area contributed by atoms with E-state index < -0.39 is 11.6 Å². The van der Waals surface area contributed by atoms with Gasteiger partial charge in [-0.1, -0.05) is 48.5 Å². The van der Waals surface area contributed by atoms with Gasteiger partial charge in [0.2, 0.25) is 0 Å². The van der Waals surface area contributed by atoms with Gasteiger partial charge in [-0.3, -0.25) is 0 Å². The molecule has 0 saturated heterocycles. The molecule has 23 heavy (non-hydrogen) atoms. The SMILES string of the molecule is COC(=O)C1=C(C)c2ccccc2OCC1(O)c1ccccc1. The van der Waals surface area contributed by atoms with Crippen LogP contribution < -0.4 is 4.74 Å². The Labute approximate surface area is 135 Å². The van der Waals surface area contributed by atoms with Gasteiger partial charge in [-0.15, -0.1) is 0 Å². The lowest BCUT2D eigenvalue weighted by molar-refractivity contribution is -0.139. The molecule has 4 heteroatoms. The predicted molar refractivity (Wildman–Crippen MR) is 86.9 cm³/mol. The minimum absolute atomic E-state index is 0.0597. The first kappa shape index (κ1) is 15.3. The molecular weight excluding hydrogens is 292 g/mol. The van der Waals surface area contributed by atoms with Gasteiger partial charge >= 0.3 is 5.97 Å². The van der Waals surface area contributed by atoms with Gasteiger partial charge in [0.05, 0.1) is 12.7 Å². The zero-order valence-electron chi connectivity index (χ0n) is 13.1. The summed E-state index contributed by atoms with van der Waals surface area (Å²) in [4.78, 5) is 12.4. The van der Waals surface area contributed by atoms with Gasteiger partial charge in [0.1, 0.15) is 12.4 Å². The number of ether oxygens (including phenoxy) is 2. The minimum Gasteiger partial charge on any atom is -0.489 e. The zero-order valence-corrected chi connectivity index (χ0v) is 13.1. The van der Waals surface area contributed by atoms with Gasteiger partial charge in [0, 0.05) is 5.56 Å². The smallest absolute Gasteiger partial charge is 0.337 e. The second-order valence-corrected chi connectivity index (χ2v) is 5.50. The number of esters is 1. The summed E-state index contributed by atoms with van der Waals surface area (Å²) in [5.74, 6) is 0.0763. The number of rotatable bonds is 2. The molecule has 0 fully saturated rings. The van der Waals surface area contributed by atoms with Crippen LogP contribution in [-0.2, 0) is 15.1 Å². The number of hydrogen-bond acceptors (Lipinski definition) is 4. The van der Waals surface area contributed by atoms with E-state index in [2.05, 4.69) is 0 Å². The van der Waals surface area contributed by atoms with Crippen molar-refractivity contribution < 1.29 is 19.4 Å². The van der Waals surface area contributed by atoms with Crippen molar-refractivity contribution in [2.24, 2.45) is 0 Å². The Bertz CT molecular complexity index is 764. The Morgan fingerprint density at radius 2 is 1.78 bits per heavy atom. The Morgan fingerprint density at radius 1 is 1.13 bits per heavy atom. The fraction of sp³-hybridized carbons (Fsp3) is 0.211. The summed E-state index contributed by atoms with van der Waals surface area (Å²) in [6.45, 7) is 1.74. The number of para-hydroxylation sites is 1. The van der Waals surface area contributed by atoms with Crippen molar-refractivity contribution in [1.82, 2.24) is 0 Å². The van der Waals surface area contributed by atoms with Gasteiger partial charge in [-0.2, -0.15) is 0 Å². The van der Waals surface area contributed by atoms with Crippen LogP contribution in [0.2, 0.25) is 0 Å². The van der Waals surface area contributed by atoms with E-state index in [-0.39, 0.29) is 12.2 Å². The molecule has 3 rings (SSSR count). The molecule has 0 bridgehead atoms. The second kappa shape index (κ2) is 5.89. The molecule has 1 atom stereocenters. The first-order valence-corrected chi connectivity index (χ1v) is 7.37. The molecule has 0 aromatic heterocycles. The van der Waals surface area contributed by atoms with Crippen LogP contribution in [0.15, 0.2) is 60.2 Å². The van der Waals surface area contributed by atoms with Gasteiger partial charge in [0.25, 0.3) is 0 Å². The van der Waals surface area contributed by atoms with E-state index >= 15 is 0 Å². The maximum absolute atomic E-state index is 12.4. The number of fused-ring (bicyclic) bond motifs is 1. The third-order valence-corrected chi connectivity index (χ3v) is 4.16. The first-order valence-electron chi connectivity index (χ1n) is 7.37. The van der Waals surface area contributed by atoms with E-state index in [9.17, 15) is 9.90 Å². The van der Waals surface area contributed by atoms with Crippen LogP contribution in [0.25, 0.3) is 5.57 Å². The minimum atomic E-state index is -1.57. The second-order valence-electron chi connectivity index (χ2n) is 5.50. The van der Waals surface area contributed by atoms with E-state index in [1.165, 1.54) is 7.11 Å². The highest BCUT2D eigenvalue weighted by molar-refractivity contribution is 6.00. The highest BCUT2D eigenvalue weighted by Gasteiger charge is 2.43. The van der Waals surface area contributed by atoms with Crippen LogP contribution in [0.3, 0.4) is 0 Å². The van der Waals surface area contributed by atoms with Gasteiger partial charge in [-0.05, 0) is 24.1 Å². The number of benzene rings is 2. The molecule has 0 saturated carbocycles. The highest BCUT2D eigenvalue weighted by atomic mass is 16.5. The topological polar surface area (TPSA) is 55.8 Å². The van der Waals surface area contributed by atoms with Crippen molar-refractivity contribution >= 4 is 11.5 Å². The molecule has 0 spiro atoms. The molecule has 1 aliphatic heterocycles. The Kier molecular flexibility index (Phi) is 3.92.